The maximum Gasteiger partial charge on any atom is 0.407 e. The van der Waals surface area contributed by atoms with E-state index in [9.17, 15) is 19.2 Å². The predicted molar refractivity (Wildman–Crippen MR) is 126 cm³/mol. The first-order chi connectivity index (χ1) is 16.1. The molecule has 3 atom stereocenters. The Balaban J connectivity index is 1.38. The van der Waals surface area contributed by atoms with Crippen LogP contribution in [0.2, 0.25) is 0 Å². The van der Waals surface area contributed by atoms with E-state index in [-0.39, 0.29) is 24.3 Å². The molecule has 2 heterocycles. The Morgan fingerprint density at radius 3 is 2.71 bits per heavy atom. The number of alkyl carbamates (subject to hydrolysis) is 1. The van der Waals surface area contributed by atoms with Crippen molar-refractivity contribution in [2.75, 3.05) is 11.9 Å². The second-order valence-electron chi connectivity index (χ2n) is 10.5. The zero-order valence-electron chi connectivity index (χ0n) is 20.1. The van der Waals surface area contributed by atoms with Crippen molar-refractivity contribution in [2.45, 2.75) is 83.5 Å². The number of ether oxygens (including phenoxy) is 1. The number of imide groups is 1. The first-order valence-corrected chi connectivity index (χ1v) is 12.1. The Morgan fingerprint density at radius 2 is 1.97 bits per heavy atom. The van der Waals surface area contributed by atoms with Gasteiger partial charge < -0.3 is 20.3 Å². The molecule has 34 heavy (non-hydrogen) atoms. The minimum atomic E-state index is -0.622. The fourth-order valence-electron chi connectivity index (χ4n) is 5.09. The van der Waals surface area contributed by atoms with Crippen LogP contribution in [-0.2, 0) is 20.9 Å². The van der Waals surface area contributed by atoms with Gasteiger partial charge in [0.1, 0.15) is 11.6 Å². The van der Waals surface area contributed by atoms with Gasteiger partial charge >= 0.3 is 6.09 Å². The van der Waals surface area contributed by atoms with Gasteiger partial charge in [-0.2, -0.15) is 0 Å². The van der Waals surface area contributed by atoms with Crippen molar-refractivity contribution in [2.24, 2.45) is 5.92 Å². The molecule has 9 nitrogen and oxygen atoms in total. The molecule has 9 heteroatoms. The number of amides is 4. The van der Waals surface area contributed by atoms with E-state index in [1.54, 1.807) is 11.0 Å². The SMILES string of the molecule is CC(C)(C)OC(=O)NC[C@@H]1CCC[C@H](Nc2cccc3c2CN(C2CCC(=O)NC2=O)C3=O)C1. The molecule has 1 aliphatic carbocycles. The summed E-state index contributed by atoms with van der Waals surface area (Å²) in [4.78, 5) is 50.5. The lowest BCUT2D eigenvalue weighted by Crippen LogP contribution is -2.52. The zero-order valence-corrected chi connectivity index (χ0v) is 20.1. The molecule has 2 fully saturated rings. The molecule has 1 unspecified atom stereocenters. The molecule has 3 aliphatic rings. The Kier molecular flexibility index (Phi) is 6.81. The van der Waals surface area contributed by atoms with Crippen molar-refractivity contribution >= 4 is 29.5 Å². The number of benzene rings is 1. The topological polar surface area (TPSA) is 117 Å². The lowest BCUT2D eigenvalue weighted by Gasteiger charge is -2.31. The molecule has 184 valence electrons. The van der Waals surface area contributed by atoms with Gasteiger partial charge in [-0.1, -0.05) is 12.5 Å². The molecule has 0 aromatic heterocycles. The van der Waals surface area contributed by atoms with Gasteiger partial charge in [0.15, 0.2) is 0 Å². The number of hydrogen-bond acceptors (Lipinski definition) is 6. The first kappa shape index (κ1) is 24.0. The first-order valence-electron chi connectivity index (χ1n) is 12.1. The average molecular weight is 471 g/mol. The van der Waals surface area contributed by atoms with Gasteiger partial charge in [-0.3, -0.25) is 19.7 Å². The molecule has 2 aliphatic heterocycles. The van der Waals surface area contributed by atoms with Crippen LogP contribution in [0.5, 0.6) is 0 Å². The molecule has 0 spiro atoms. The van der Waals surface area contributed by atoms with Gasteiger partial charge in [-0.15, -0.1) is 0 Å². The van der Waals surface area contributed by atoms with E-state index in [0.29, 0.717) is 31.0 Å². The van der Waals surface area contributed by atoms with Crippen molar-refractivity contribution in [3.05, 3.63) is 29.3 Å². The van der Waals surface area contributed by atoms with Crippen molar-refractivity contribution in [3.8, 4) is 0 Å². The highest BCUT2D eigenvalue weighted by Gasteiger charge is 2.40. The summed E-state index contributed by atoms with van der Waals surface area (Å²) in [6.07, 6.45) is 4.21. The smallest absolute Gasteiger partial charge is 0.407 e. The Labute approximate surface area is 200 Å². The summed E-state index contributed by atoms with van der Waals surface area (Å²) in [7, 11) is 0. The van der Waals surface area contributed by atoms with Gasteiger partial charge in [0.25, 0.3) is 5.91 Å². The molecule has 0 radical (unpaired) electrons. The number of anilines is 1. The summed E-state index contributed by atoms with van der Waals surface area (Å²) in [5.74, 6) is -0.520. The Bertz CT molecular complexity index is 986. The summed E-state index contributed by atoms with van der Waals surface area (Å²) in [5, 5.41) is 8.85. The maximum atomic E-state index is 13.0. The van der Waals surface area contributed by atoms with Crippen molar-refractivity contribution in [1.29, 1.82) is 0 Å². The third-order valence-corrected chi connectivity index (χ3v) is 6.66. The molecular formula is C25H34N4O5. The molecule has 1 aromatic rings. The largest absolute Gasteiger partial charge is 0.444 e. The minimum absolute atomic E-state index is 0.170. The van der Waals surface area contributed by atoms with Gasteiger partial charge in [-0.25, -0.2) is 4.79 Å². The standard InChI is InChI=1S/C25H34N4O5/c1-25(2,3)34-24(33)26-13-15-6-4-7-16(12-15)27-19-9-5-8-17-18(19)14-29(23(17)32)20-10-11-21(30)28-22(20)31/h5,8-9,15-16,20,27H,4,6-7,10-14H2,1-3H3,(H,26,33)(H,28,30,31)/t15-,16+,20?/m1/s1. The zero-order chi connectivity index (χ0) is 24.5. The summed E-state index contributed by atoms with van der Waals surface area (Å²) in [6, 6.07) is 5.23. The highest BCUT2D eigenvalue weighted by atomic mass is 16.6. The molecule has 3 N–H and O–H groups in total. The van der Waals surface area contributed by atoms with Crippen LogP contribution < -0.4 is 16.0 Å². The van der Waals surface area contributed by atoms with E-state index in [0.717, 1.165) is 36.9 Å². The second-order valence-corrected chi connectivity index (χ2v) is 10.5. The number of nitrogens with one attached hydrogen (secondary N) is 3. The highest BCUT2D eigenvalue weighted by Crippen LogP contribution is 2.34. The van der Waals surface area contributed by atoms with E-state index in [1.807, 2.05) is 32.9 Å². The number of fused-ring (bicyclic) bond motifs is 1. The molecule has 1 saturated carbocycles. The highest BCUT2D eigenvalue weighted by molar-refractivity contribution is 6.06. The monoisotopic (exact) mass is 470 g/mol. The van der Waals surface area contributed by atoms with Gasteiger partial charge in [-0.05, 0) is 64.5 Å². The molecule has 1 saturated heterocycles. The lowest BCUT2D eigenvalue weighted by atomic mass is 9.85. The quantitative estimate of drug-likeness (QED) is 0.570. The van der Waals surface area contributed by atoms with Gasteiger partial charge in [0, 0.05) is 42.4 Å². The summed E-state index contributed by atoms with van der Waals surface area (Å²) in [5.41, 5.74) is 1.89. The fourth-order valence-corrected chi connectivity index (χ4v) is 5.09. The van der Waals surface area contributed by atoms with Crippen molar-refractivity contribution in [3.63, 3.8) is 0 Å². The van der Waals surface area contributed by atoms with Crippen LogP contribution >= 0.6 is 0 Å². The normalized spacial score (nSPS) is 25.0. The van der Waals surface area contributed by atoms with Crippen LogP contribution in [0.25, 0.3) is 0 Å². The number of carbonyl (C=O) groups is 4. The number of rotatable bonds is 5. The molecular weight excluding hydrogens is 436 g/mol. The maximum absolute atomic E-state index is 13.0. The van der Waals surface area contributed by atoms with E-state index < -0.39 is 23.6 Å². The Hall–Kier alpha value is -3.10. The lowest BCUT2D eigenvalue weighted by molar-refractivity contribution is -0.136. The second kappa shape index (κ2) is 9.64. The molecule has 1 aromatic carbocycles. The van der Waals surface area contributed by atoms with Crippen molar-refractivity contribution in [1.82, 2.24) is 15.5 Å². The summed E-state index contributed by atoms with van der Waals surface area (Å²) < 4.78 is 5.34. The van der Waals surface area contributed by atoms with E-state index in [2.05, 4.69) is 16.0 Å². The average Bonchev–Trinajstić information content (AvgIpc) is 3.09. The number of piperidine rings is 1. The summed E-state index contributed by atoms with van der Waals surface area (Å²) >= 11 is 0. The number of hydrogen-bond donors (Lipinski definition) is 3. The van der Waals surface area contributed by atoms with Crippen molar-refractivity contribution < 1.29 is 23.9 Å². The van der Waals surface area contributed by atoms with Crippen LogP contribution in [0, 0.1) is 5.92 Å². The van der Waals surface area contributed by atoms with E-state index in [1.165, 1.54) is 0 Å². The van der Waals surface area contributed by atoms with Crippen LogP contribution in [0.1, 0.15) is 75.2 Å². The number of nitrogens with zero attached hydrogens (tertiary/aromatic N) is 1. The molecule has 4 amide bonds. The molecule has 0 bridgehead atoms. The molecule has 4 rings (SSSR count). The third kappa shape index (κ3) is 5.51. The van der Waals surface area contributed by atoms with Crippen LogP contribution in [-0.4, -0.2) is 52.9 Å². The fraction of sp³-hybridized carbons (Fsp3) is 0.600. The van der Waals surface area contributed by atoms with Gasteiger partial charge in [0.2, 0.25) is 11.8 Å². The third-order valence-electron chi connectivity index (χ3n) is 6.66. The van der Waals surface area contributed by atoms with E-state index in [4.69, 9.17) is 4.74 Å². The predicted octanol–water partition coefficient (Wildman–Crippen LogP) is 2.94. The Morgan fingerprint density at radius 1 is 1.18 bits per heavy atom. The van der Waals surface area contributed by atoms with Gasteiger partial charge in [0.05, 0.1) is 0 Å². The van der Waals surface area contributed by atoms with Crippen LogP contribution in [0.15, 0.2) is 18.2 Å². The number of carbonyl (C=O) groups excluding carboxylic acids is 4. The minimum Gasteiger partial charge on any atom is -0.444 e. The van der Waals surface area contributed by atoms with Crippen LogP contribution in [0.3, 0.4) is 0 Å². The van der Waals surface area contributed by atoms with E-state index >= 15 is 0 Å². The summed E-state index contributed by atoms with van der Waals surface area (Å²) in [6.45, 7) is 6.45. The van der Waals surface area contributed by atoms with Crippen LogP contribution in [0.4, 0.5) is 10.5 Å².